The topological polar surface area (TPSA) is 61.5 Å². The summed E-state index contributed by atoms with van der Waals surface area (Å²) in [5, 5.41) is 23.7. The maximum atomic E-state index is 9.94. The van der Waals surface area contributed by atoms with Crippen molar-refractivity contribution in [3.8, 4) is 0 Å². The molecular formula is C12H21N3O2. The minimum atomic E-state index is -0.300. The average molecular weight is 239 g/mol. The van der Waals surface area contributed by atoms with Crippen molar-refractivity contribution in [2.45, 2.75) is 33.0 Å². The van der Waals surface area contributed by atoms with Crippen molar-refractivity contribution in [1.82, 2.24) is 9.78 Å². The second-order valence-electron chi connectivity index (χ2n) is 4.95. The monoisotopic (exact) mass is 239 g/mol. The van der Waals surface area contributed by atoms with Crippen LogP contribution in [0, 0.1) is 12.8 Å². The summed E-state index contributed by atoms with van der Waals surface area (Å²) in [6.07, 6.45) is 0.668. The highest BCUT2D eigenvalue weighted by Crippen LogP contribution is 2.27. The van der Waals surface area contributed by atoms with E-state index in [4.69, 9.17) is 0 Å². The van der Waals surface area contributed by atoms with Gasteiger partial charge in [-0.15, -0.1) is 0 Å². The van der Waals surface area contributed by atoms with Crippen LogP contribution in [0.5, 0.6) is 0 Å². The van der Waals surface area contributed by atoms with Crippen molar-refractivity contribution in [1.29, 1.82) is 0 Å². The van der Waals surface area contributed by atoms with Crippen molar-refractivity contribution in [3.05, 3.63) is 11.3 Å². The predicted molar refractivity (Wildman–Crippen MR) is 65.9 cm³/mol. The third-order valence-corrected chi connectivity index (χ3v) is 3.69. The van der Waals surface area contributed by atoms with Gasteiger partial charge in [0, 0.05) is 25.7 Å². The number of β-amino-alcohol motifs (C(OH)–C–C–N with tert-alkyl or cyclic N) is 1. The molecule has 0 bridgehead atoms. The summed E-state index contributed by atoms with van der Waals surface area (Å²) in [5.74, 6) is 1.29. The molecule has 0 spiro atoms. The van der Waals surface area contributed by atoms with E-state index in [1.54, 1.807) is 4.68 Å². The lowest BCUT2D eigenvalue weighted by atomic mass is 9.96. The SMILES string of the molecule is Cc1nn(C)c(N2CCC(C)C(O)C2)c1CO. The highest BCUT2D eigenvalue weighted by atomic mass is 16.3. The smallest absolute Gasteiger partial charge is 0.132 e. The Morgan fingerprint density at radius 2 is 2.18 bits per heavy atom. The fourth-order valence-electron chi connectivity index (χ4n) is 2.51. The van der Waals surface area contributed by atoms with E-state index in [-0.39, 0.29) is 12.7 Å². The summed E-state index contributed by atoms with van der Waals surface area (Å²) in [4.78, 5) is 2.12. The van der Waals surface area contributed by atoms with Crippen LogP contribution in [-0.2, 0) is 13.7 Å². The molecule has 1 aliphatic rings. The molecule has 2 atom stereocenters. The van der Waals surface area contributed by atoms with Crippen LogP contribution in [0.25, 0.3) is 0 Å². The first-order chi connectivity index (χ1) is 8.04. The Bertz CT molecular complexity index is 403. The molecular weight excluding hydrogens is 218 g/mol. The lowest BCUT2D eigenvalue weighted by Crippen LogP contribution is -2.44. The summed E-state index contributed by atoms with van der Waals surface area (Å²) in [6, 6.07) is 0. The molecule has 5 heteroatoms. The van der Waals surface area contributed by atoms with Gasteiger partial charge in [-0.2, -0.15) is 5.10 Å². The Kier molecular flexibility index (Phi) is 3.40. The van der Waals surface area contributed by atoms with Crippen LogP contribution in [0.4, 0.5) is 5.82 Å². The molecule has 17 heavy (non-hydrogen) atoms. The molecule has 0 radical (unpaired) electrons. The van der Waals surface area contributed by atoms with E-state index in [1.807, 2.05) is 14.0 Å². The number of hydrogen-bond donors (Lipinski definition) is 2. The van der Waals surface area contributed by atoms with E-state index in [0.717, 1.165) is 30.0 Å². The molecule has 1 saturated heterocycles. The molecule has 0 saturated carbocycles. The minimum absolute atomic E-state index is 0.00282. The average Bonchev–Trinajstić information content (AvgIpc) is 2.57. The normalized spacial score (nSPS) is 25.4. The standard InChI is InChI=1S/C12H21N3O2/c1-8-4-5-15(6-11(8)17)12-10(7-16)9(2)13-14(12)3/h8,11,16-17H,4-7H2,1-3H3. The number of aliphatic hydroxyl groups is 2. The van der Waals surface area contributed by atoms with Gasteiger partial charge in [0.05, 0.1) is 18.4 Å². The molecule has 96 valence electrons. The van der Waals surface area contributed by atoms with Crippen LogP contribution < -0.4 is 4.90 Å². The molecule has 5 nitrogen and oxygen atoms in total. The fourth-order valence-corrected chi connectivity index (χ4v) is 2.51. The molecule has 1 aromatic heterocycles. The van der Waals surface area contributed by atoms with Crippen LogP contribution in [-0.4, -0.2) is 39.2 Å². The number of anilines is 1. The van der Waals surface area contributed by atoms with Gasteiger partial charge < -0.3 is 15.1 Å². The van der Waals surface area contributed by atoms with Crippen LogP contribution in [0.2, 0.25) is 0 Å². The predicted octanol–water partition coefficient (Wildman–Crippen LogP) is 0.428. The van der Waals surface area contributed by atoms with Gasteiger partial charge in [-0.1, -0.05) is 6.92 Å². The first-order valence-electron chi connectivity index (χ1n) is 6.11. The zero-order valence-corrected chi connectivity index (χ0v) is 10.7. The molecule has 0 amide bonds. The highest BCUT2D eigenvalue weighted by molar-refractivity contribution is 5.50. The van der Waals surface area contributed by atoms with Crippen molar-refractivity contribution < 1.29 is 10.2 Å². The third kappa shape index (κ3) is 2.17. The van der Waals surface area contributed by atoms with E-state index in [2.05, 4.69) is 16.9 Å². The van der Waals surface area contributed by atoms with Gasteiger partial charge in [0.25, 0.3) is 0 Å². The highest BCUT2D eigenvalue weighted by Gasteiger charge is 2.28. The lowest BCUT2D eigenvalue weighted by molar-refractivity contribution is 0.102. The summed E-state index contributed by atoms with van der Waals surface area (Å²) < 4.78 is 1.80. The van der Waals surface area contributed by atoms with Crippen LogP contribution >= 0.6 is 0 Å². The number of aryl methyl sites for hydroxylation is 2. The molecule has 0 aliphatic carbocycles. The van der Waals surface area contributed by atoms with E-state index < -0.39 is 0 Å². The maximum absolute atomic E-state index is 9.94. The van der Waals surface area contributed by atoms with Gasteiger partial charge in [0.2, 0.25) is 0 Å². The van der Waals surface area contributed by atoms with Crippen molar-refractivity contribution >= 4 is 5.82 Å². The molecule has 1 aliphatic heterocycles. The van der Waals surface area contributed by atoms with Crippen LogP contribution in [0.15, 0.2) is 0 Å². The van der Waals surface area contributed by atoms with E-state index in [1.165, 1.54) is 0 Å². The second-order valence-corrected chi connectivity index (χ2v) is 4.95. The number of nitrogens with zero attached hydrogens (tertiary/aromatic N) is 3. The minimum Gasteiger partial charge on any atom is -0.391 e. The van der Waals surface area contributed by atoms with Crippen molar-refractivity contribution in [2.75, 3.05) is 18.0 Å². The summed E-state index contributed by atoms with van der Waals surface area (Å²) in [5.41, 5.74) is 1.73. The quantitative estimate of drug-likeness (QED) is 0.785. The van der Waals surface area contributed by atoms with Crippen LogP contribution in [0.1, 0.15) is 24.6 Å². The number of aromatic nitrogens is 2. The molecule has 2 rings (SSSR count). The third-order valence-electron chi connectivity index (χ3n) is 3.69. The molecule has 2 N–H and O–H groups in total. The van der Waals surface area contributed by atoms with E-state index in [0.29, 0.717) is 12.5 Å². The van der Waals surface area contributed by atoms with E-state index in [9.17, 15) is 10.2 Å². The number of piperidine rings is 1. The summed E-state index contributed by atoms with van der Waals surface area (Å²) in [6.45, 7) is 5.50. The first kappa shape index (κ1) is 12.4. The Morgan fingerprint density at radius 3 is 2.76 bits per heavy atom. The van der Waals surface area contributed by atoms with Crippen LogP contribution in [0.3, 0.4) is 0 Å². The summed E-state index contributed by atoms with van der Waals surface area (Å²) in [7, 11) is 1.88. The van der Waals surface area contributed by atoms with E-state index >= 15 is 0 Å². The Morgan fingerprint density at radius 1 is 1.47 bits per heavy atom. The first-order valence-corrected chi connectivity index (χ1v) is 6.11. The Hall–Kier alpha value is -1.07. The molecule has 1 fully saturated rings. The lowest BCUT2D eigenvalue weighted by Gasteiger charge is -2.36. The maximum Gasteiger partial charge on any atom is 0.132 e. The van der Waals surface area contributed by atoms with Gasteiger partial charge in [0.15, 0.2) is 0 Å². The number of rotatable bonds is 2. The summed E-state index contributed by atoms with van der Waals surface area (Å²) >= 11 is 0. The number of hydrogen-bond acceptors (Lipinski definition) is 4. The molecule has 2 unspecified atom stereocenters. The van der Waals surface area contributed by atoms with Crippen molar-refractivity contribution in [2.24, 2.45) is 13.0 Å². The van der Waals surface area contributed by atoms with Crippen molar-refractivity contribution in [3.63, 3.8) is 0 Å². The fraction of sp³-hybridized carbons (Fsp3) is 0.750. The second kappa shape index (κ2) is 4.66. The van der Waals surface area contributed by atoms with Gasteiger partial charge in [-0.25, -0.2) is 0 Å². The Labute approximate surface area is 102 Å². The molecule has 1 aromatic rings. The van der Waals surface area contributed by atoms with Gasteiger partial charge >= 0.3 is 0 Å². The molecule has 0 aromatic carbocycles. The zero-order chi connectivity index (χ0) is 12.6. The number of aliphatic hydroxyl groups excluding tert-OH is 2. The largest absolute Gasteiger partial charge is 0.391 e. The van der Waals surface area contributed by atoms with Gasteiger partial charge in [0.1, 0.15) is 5.82 Å². The van der Waals surface area contributed by atoms with Gasteiger partial charge in [-0.05, 0) is 19.3 Å². The Balaban J connectivity index is 2.28. The molecule has 2 heterocycles. The zero-order valence-electron chi connectivity index (χ0n) is 10.7. The van der Waals surface area contributed by atoms with Gasteiger partial charge in [-0.3, -0.25) is 4.68 Å².